The van der Waals surface area contributed by atoms with Crippen LogP contribution in [0.4, 0.5) is 0 Å². The molecule has 7 nitrogen and oxygen atoms in total. The number of halogens is 1. The second-order valence-corrected chi connectivity index (χ2v) is 5.97. The molecule has 1 aromatic carbocycles. The third-order valence-electron chi connectivity index (χ3n) is 3.61. The van der Waals surface area contributed by atoms with E-state index in [0.29, 0.717) is 13.1 Å². The number of hydrogen-bond acceptors (Lipinski definition) is 4. The van der Waals surface area contributed by atoms with Crippen molar-refractivity contribution in [3.05, 3.63) is 42.5 Å². The van der Waals surface area contributed by atoms with Gasteiger partial charge in [-0.2, -0.15) is 0 Å². The van der Waals surface area contributed by atoms with Crippen molar-refractivity contribution in [2.45, 2.75) is 32.9 Å². The number of benzene rings is 1. The van der Waals surface area contributed by atoms with Crippen molar-refractivity contribution >= 4 is 29.9 Å². The number of ether oxygens (including phenoxy) is 1. The van der Waals surface area contributed by atoms with E-state index in [1.54, 1.807) is 13.4 Å². The zero-order chi connectivity index (χ0) is 17.4. The highest BCUT2D eigenvalue weighted by Gasteiger charge is 2.16. The lowest BCUT2D eigenvalue weighted by Gasteiger charge is -2.24. The lowest BCUT2D eigenvalue weighted by atomic mass is 10.1. The van der Waals surface area contributed by atoms with Crippen LogP contribution in [0, 0.1) is 0 Å². The molecule has 0 amide bonds. The predicted octanol–water partition coefficient (Wildman–Crippen LogP) is 2.37. The molecule has 138 valence electrons. The SMILES string of the molecule is CCNC(=NCc1nncn1-c1ccccc1)NCC(C)(C)OC.I. The van der Waals surface area contributed by atoms with Gasteiger partial charge in [0.05, 0.1) is 5.60 Å². The van der Waals surface area contributed by atoms with E-state index in [1.807, 2.05) is 55.7 Å². The third-order valence-corrected chi connectivity index (χ3v) is 3.61. The highest BCUT2D eigenvalue weighted by Crippen LogP contribution is 2.09. The molecule has 0 unspecified atom stereocenters. The van der Waals surface area contributed by atoms with Crippen molar-refractivity contribution in [2.75, 3.05) is 20.2 Å². The summed E-state index contributed by atoms with van der Waals surface area (Å²) in [6, 6.07) is 9.99. The highest BCUT2D eigenvalue weighted by molar-refractivity contribution is 14.0. The Labute approximate surface area is 166 Å². The second kappa shape index (κ2) is 10.3. The number of aliphatic imine (C=N–C) groups is 1. The van der Waals surface area contributed by atoms with Gasteiger partial charge in [0.1, 0.15) is 12.9 Å². The maximum Gasteiger partial charge on any atom is 0.191 e. The maximum atomic E-state index is 5.42. The van der Waals surface area contributed by atoms with E-state index in [4.69, 9.17) is 4.74 Å². The molecule has 2 rings (SSSR count). The number of methoxy groups -OCH3 is 1. The number of hydrogen-bond donors (Lipinski definition) is 2. The summed E-state index contributed by atoms with van der Waals surface area (Å²) in [6.45, 7) is 7.94. The van der Waals surface area contributed by atoms with E-state index < -0.39 is 0 Å². The van der Waals surface area contributed by atoms with Crippen LogP contribution in [0.2, 0.25) is 0 Å². The number of para-hydroxylation sites is 1. The average molecular weight is 458 g/mol. The Morgan fingerprint density at radius 2 is 1.96 bits per heavy atom. The van der Waals surface area contributed by atoms with E-state index in [0.717, 1.165) is 24.0 Å². The third kappa shape index (κ3) is 6.62. The van der Waals surface area contributed by atoms with Gasteiger partial charge in [0.15, 0.2) is 11.8 Å². The Bertz CT molecular complexity index is 656. The summed E-state index contributed by atoms with van der Waals surface area (Å²) >= 11 is 0. The number of guanidine groups is 1. The Kier molecular flexibility index (Phi) is 8.84. The quantitative estimate of drug-likeness (QED) is 0.379. The Morgan fingerprint density at radius 1 is 1.24 bits per heavy atom. The van der Waals surface area contributed by atoms with Gasteiger partial charge in [-0.1, -0.05) is 18.2 Å². The smallest absolute Gasteiger partial charge is 0.191 e. The van der Waals surface area contributed by atoms with Crippen molar-refractivity contribution in [1.29, 1.82) is 0 Å². The summed E-state index contributed by atoms with van der Waals surface area (Å²) in [5.41, 5.74) is 0.756. The van der Waals surface area contributed by atoms with Crippen LogP contribution in [-0.4, -0.2) is 46.5 Å². The number of nitrogens with zero attached hydrogens (tertiary/aromatic N) is 4. The molecule has 0 aliphatic heterocycles. The van der Waals surface area contributed by atoms with E-state index in [2.05, 4.69) is 25.8 Å². The van der Waals surface area contributed by atoms with Gasteiger partial charge >= 0.3 is 0 Å². The molecule has 0 radical (unpaired) electrons. The maximum absolute atomic E-state index is 5.42. The first-order chi connectivity index (χ1) is 11.6. The Balaban J connectivity index is 0.00000312. The molecule has 2 N–H and O–H groups in total. The van der Waals surface area contributed by atoms with Crippen LogP contribution in [0.3, 0.4) is 0 Å². The van der Waals surface area contributed by atoms with Gasteiger partial charge in [0, 0.05) is 25.9 Å². The zero-order valence-corrected chi connectivity index (χ0v) is 17.5. The molecule has 2 aromatic rings. The average Bonchev–Trinajstić information content (AvgIpc) is 3.07. The summed E-state index contributed by atoms with van der Waals surface area (Å²) in [5, 5.41) is 14.7. The van der Waals surface area contributed by atoms with Gasteiger partial charge in [-0.25, -0.2) is 4.99 Å². The molecular weight excluding hydrogens is 431 g/mol. The van der Waals surface area contributed by atoms with Crippen molar-refractivity contribution < 1.29 is 4.74 Å². The molecule has 8 heteroatoms. The van der Waals surface area contributed by atoms with Crippen LogP contribution < -0.4 is 10.6 Å². The van der Waals surface area contributed by atoms with Crippen LogP contribution in [0.1, 0.15) is 26.6 Å². The molecular formula is C17H27IN6O. The summed E-state index contributed by atoms with van der Waals surface area (Å²) < 4.78 is 7.36. The summed E-state index contributed by atoms with van der Waals surface area (Å²) in [5.74, 6) is 1.51. The number of nitrogens with one attached hydrogen (secondary N) is 2. The highest BCUT2D eigenvalue weighted by atomic mass is 127. The largest absolute Gasteiger partial charge is 0.377 e. The lowest BCUT2D eigenvalue weighted by Crippen LogP contribution is -2.45. The predicted molar refractivity (Wildman–Crippen MR) is 111 cm³/mol. The Morgan fingerprint density at radius 3 is 2.60 bits per heavy atom. The normalized spacial score (nSPS) is 11.8. The van der Waals surface area contributed by atoms with Gasteiger partial charge in [0.2, 0.25) is 0 Å². The fourth-order valence-electron chi connectivity index (χ4n) is 2.03. The van der Waals surface area contributed by atoms with Crippen molar-refractivity contribution in [2.24, 2.45) is 4.99 Å². The minimum Gasteiger partial charge on any atom is -0.377 e. The van der Waals surface area contributed by atoms with Crippen LogP contribution in [-0.2, 0) is 11.3 Å². The second-order valence-electron chi connectivity index (χ2n) is 5.97. The van der Waals surface area contributed by atoms with Crippen molar-refractivity contribution in [1.82, 2.24) is 25.4 Å². The van der Waals surface area contributed by atoms with E-state index in [1.165, 1.54) is 0 Å². The number of rotatable bonds is 7. The first-order valence-corrected chi connectivity index (χ1v) is 8.07. The van der Waals surface area contributed by atoms with Gasteiger partial charge in [0.25, 0.3) is 0 Å². The van der Waals surface area contributed by atoms with E-state index >= 15 is 0 Å². The van der Waals surface area contributed by atoms with Crippen LogP contribution >= 0.6 is 24.0 Å². The van der Waals surface area contributed by atoms with Gasteiger partial charge in [-0.15, -0.1) is 34.2 Å². The zero-order valence-electron chi connectivity index (χ0n) is 15.2. The topological polar surface area (TPSA) is 76.4 Å². The van der Waals surface area contributed by atoms with Crippen molar-refractivity contribution in [3.63, 3.8) is 0 Å². The first kappa shape index (κ1) is 21.4. The lowest BCUT2D eigenvalue weighted by molar-refractivity contribution is 0.0268. The van der Waals surface area contributed by atoms with Crippen LogP contribution in [0.5, 0.6) is 0 Å². The van der Waals surface area contributed by atoms with Crippen molar-refractivity contribution in [3.8, 4) is 5.69 Å². The molecule has 0 fully saturated rings. The summed E-state index contributed by atoms with van der Waals surface area (Å²) in [4.78, 5) is 4.59. The number of aromatic nitrogens is 3. The molecule has 0 spiro atoms. The Hall–Kier alpha value is -1.68. The van der Waals surface area contributed by atoms with Crippen LogP contribution in [0.25, 0.3) is 5.69 Å². The van der Waals surface area contributed by atoms with E-state index in [-0.39, 0.29) is 29.6 Å². The van der Waals surface area contributed by atoms with Gasteiger partial charge in [-0.05, 0) is 32.9 Å². The first-order valence-electron chi connectivity index (χ1n) is 8.07. The molecule has 0 atom stereocenters. The van der Waals surface area contributed by atoms with Gasteiger partial charge < -0.3 is 15.4 Å². The molecule has 0 saturated carbocycles. The van der Waals surface area contributed by atoms with Crippen LogP contribution in [0.15, 0.2) is 41.7 Å². The molecule has 1 aromatic heterocycles. The standard InChI is InChI=1S/C17H26N6O.HI/c1-5-18-16(20-12-17(2,3)24-4)19-11-15-22-21-13-23(15)14-9-7-6-8-10-14;/h6-10,13H,5,11-12H2,1-4H3,(H2,18,19,20);1H. The fourth-order valence-corrected chi connectivity index (χ4v) is 2.03. The molecule has 1 heterocycles. The minimum absolute atomic E-state index is 0. The fraction of sp³-hybridized carbons (Fsp3) is 0.471. The monoisotopic (exact) mass is 458 g/mol. The summed E-state index contributed by atoms with van der Waals surface area (Å²) in [6.07, 6.45) is 1.70. The molecule has 0 aliphatic rings. The molecule has 25 heavy (non-hydrogen) atoms. The molecule has 0 saturated heterocycles. The summed E-state index contributed by atoms with van der Waals surface area (Å²) in [7, 11) is 1.70. The van der Waals surface area contributed by atoms with E-state index in [9.17, 15) is 0 Å². The van der Waals surface area contributed by atoms with Gasteiger partial charge in [-0.3, -0.25) is 4.57 Å². The molecule has 0 bridgehead atoms. The minimum atomic E-state index is -0.264. The molecule has 0 aliphatic carbocycles.